The van der Waals surface area contributed by atoms with E-state index in [4.69, 9.17) is 4.74 Å². The Hall–Kier alpha value is -2.93. The number of ether oxygens (including phenoxy) is 1. The van der Waals surface area contributed by atoms with Crippen molar-refractivity contribution in [3.63, 3.8) is 0 Å². The molecule has 114 valence electrons. The number of non-ortho nitro benzene ring substituents is 1. The maximum atomic E-state index is 11.9. The zero-order valence-corrected chi connectivity index (χ0v) is 11.9. The van der Waals surface area contributed by atoms with Crippen LogP contribution < -0.4 is 10.6 Å². The second kappa shape index (κ2) is 7.19. The number of nitrogens with one attached hydrogen (secondary N) is 2. The van der Waals surface area contributed by atoms with Crippen molar-refractivity contribution >= 4 is 23.1 Å². The molecule has 0 unspecified atom stereocenters. The first-order chi connectivity index (χ1) is 10.6. The number of hydrogen-bond acceptors (Lipinski definition) is 4. The van der Waals surface area contributed by atoms with Gasteiger partial charge in [-0.15, -0.1) is 0 Å². The van der Waals surface area contributed by atoms with Crippen LogP contribution in [0.1, 0.15) is 5.56 Å². The zero-order chi connectivity index (χ0) is 15.9. The highest BCUT2D eigenvalue weighted by Gasteiger charge is 2.06. The number of benzene rings is 2. The summed E-state index contributed by atoms with van der Waals surface area (Å²) in [5, 5.41) is 15.8. The number of nitro benzene ring substituents is 1. The average Bonchev–Trinajstić information content (AvgIpc) is 2.48. The van der Waals surface area contributed by atoms with Gasteiger partial charge in [-0.05, 0) is 29.8 Å². The van der Waals surface area contributed by atoms with E-state index in [0.29, 0.717) is 18.0 Å². The molecule has 0 spiro atoms. The van der Waals surface area contributed by atoms with E-state index in [2.05, 4.69) is 10.6 Å². The molecule has 0 radical (unpaired) electrons. The molecule has 2 rings (SSSR count). The SMILES string of the molecule is COCc1cccc(NC(=O)Nc2ccc([N+](=O)[O-])cc2)c1. The van der Waals surface area contributed by atoms with Crippen molar-refractivity contribution in [3.8, 4) is 0 Å². The summed E-state index contributed by atoms with van der Waals surface area (Å²) in [5.41, 5.74) is 2.01. The van der Waals surface area contributed by atoms with Crippen molar-refractivity contribution in [3.05, 3.63) is 64.2 Å². The molecule has 2 amide bonds. The minimum Gasteiger partial charge on any atom is -0.380 e. The van der Waals surface area contributed by atoms with E-state index in [1.165, 1.54) is 24.3 Å². The summed E-state index contributed by atoms with van der Waals surface area (Å²) in [5.74, 6) is 0. The summed E-state index contributed by atoms with van der Waals surface area (Å²) < 4.78 is 5.03. The van der Waals surface area contributed by atoms with Crippen molar-refractivity contribution in [2.24, 2.45) is 0 Å². The van der Waals surface area contributed by atoms with Crippen molar-refractivity contribution in [2.75, 3.05) is 17.7 Å². The molecule has 0 aliphatic carbocycles. The summed E-state index contributed by atoms with van der Waals surface area (Å²) in [7, 11) is 1.60. The van der Waals surface area contributed by atoms with Crippen molar-refractivity contribution < 1.29 is 14.5 Å². The van der Waals surface area contributed by atoms with Crippen LogP contribution in [0.15, 0.2) is 48.5 Å². The smallest absolute Gasteiger partial charge is 0.323 e. The van der Waals surface area contributed by atoms with Crippen molar-refractivity contribution in [1.82, 2.24) is 0 Å². The molecular weight excluding hydrogens is 286 g/mol. The number of rotatable bonds is 5. The number of carbonyl (C=O) groups excluding carboxylic acids is 1. The molecule has 0 aliphatic heterocycles. The van der Waals surface area contributed by atoms with Gasteiger partial charge in [0.05, 0.1) is 11.5 Å². The molecule has 0 atom stereocenters. The number of anilines is 2. The minimum absolute atomic E-state index is 0.0294. The lowest BCUT2D eigenvalue weighted by atomic mass is 10.2. The first-order valence-electron chi connectivity index (χ1n) is 6.49. The monoisotopic (exact) mass is 301 g/mol. The van der Waals surface area contributed by atoms with Gasteiger partial charge in [-0.1, -0.05) is 12.1 Å². The summed E-state index contributed by atoms with van der Waals surface area (Å²) in [4.78, 5) is 21.9. The van der Waals surface area contributed by atoms with Crippen molar-refractivity contribution in [1.29, 1.82) is 0 Å². The zero-order valence-electron chi connectivity index (χ0n) is 11.9. The second-order valence-corrected chi connectivity index (χ2v) is 4.52. The molecule has 0 fully saturated rings. The van der Waals surface area contributed by atoms with Crippen LogP contribution in [-0.4, -0.2) is 18.1 Å². The molecule has 0 saturated carbocycles. The van der Waals surface area contributed by atoms with E-state index in [1.54, 1.807) is 19.2 Å². The average molecular weight is 301 g/mol. The third kappa shape index (κ3) is 4.29. The highest BCUT2D eigenvalue weighted by atomic mass is 16.6. The fourth-order valence-corrected chi connectivity index (χ4v) is 1.87. The molecule has 2 N–H and O–H groups in total. The van der Waals surface area contributed by atoms with Gasteiger partial charge in [0.25, 0.3) is 5.69 Å². The predicted molar refractivity (Wildman–Crippen MR) is 82.9 cm³/mol. The molecule has 0 heterocycles. The molecule has 2 aromatic carbocycles. The van der Waals surface area contributed by atoms with Crippen LogP contribution in [0.5, 0.6) is 0 Å². The Bertz CT molecular complexity index is 671. The molecule has 2 aromatic rings. The van der Waals surface area contributed by atoms with Crippen molar-refractivity contribution in [2.45, 2.75) is 6.61 Å². The summed E-state index contributed by atoms with van der Waals surface area (Å²) in [6, 6.07) is 12.4. The molecular formula is C15H15N3O4. The van der Waals surface area contributed by atoms with Crippen LogP contribution in [-0.2, 0) is 11.3 Å². The van der Waals surface area contributed by atoms with E-state index in [1.807, 2.05) is 12.1 Å². The summed E-state index contributed by atoms with van der Waals surface area (Å²) >= 11 is 0. The van der Waals surface area contributed by atoms with Gasteiger partial charge in [-0.3, -0.25) is 10.1 Å². The number of methoxy groups -OCH3 is 1. The van der Waals surface area contributed by atoms with Gasteiger partial charge in [0.15, 0.2) is 0 Å². The van der Waals surface area contributed by atoms with E-state index in [0.717, 1.165) is 5.56 Å². The van der Waals surface area contributed by atoms with Gasteiger partial charge >= 0.3 is 6.03 Å². The predicted octanol–water partition coefficient (Wildman–Crippen LogP) is 3.39. The van der Waals surface area contributed by atoms with E-state index < -0.39 is 11.0 Å². The van der Waals surface area contributed by atoms with Crippen LogP contribution in [0.3, 0.4) is 0 Å². The number of carbonyl (C=O) groups is 1. The number of urea groups is 1. The molecule has 22 heavy (non-hydrogen) atoms. The van der Waals surface area contributed by atoms with E-state index >= 15 is 0 Å². The third-order valence-electron chi connectivity index (χ3n) is 2.83. The largest absolute Gasteiger partial charge is 0.380 e. The van der Waals surface area contributed by atoms with E-state index in [-0.39, 0.29) is 5.69 Å². The Kier molecular flexibility index (Phi) is 5.05. The second-order valence-electron chi connectivity index (χ2n) is 4.52. The van der Waals surface area contributed by atoms with Crippen LogP contribution in [0, 0.1) is 10.1 Å². The summed E-state index contributed by atoms with van der Waals surface area (Å²) in [6.45, 7) is 0.458. The van der Waals surface area contributed by atoms with Gasteiger partial charge in [0.1, 0.15) is 0 Å². The highest BCUT2D eigenvalue weighted by Crippen LogP contribution is 2.16. The molecule has 0 bridgehead atoms. The Morgan fingerprint density at radius 3 is 2.45 bits per heavy atom. The topological polar surface area (TPSA) is 93.5 Å². The standard InChI is InChI=1S/C15H15N3O4/c1-22-10-11-3-2-4-13(9-11)17-15(19)16-12-5-7-14(8-6-12)18(20)21/h2-9H,10H2,1H3,(H2,16,17,19). The quantitative estimate of drug-likeness (QED) is 0.654. The maximum Gasteiger partial charge on any atom is 0.323 e. The molecule has 7 heteroatoms. The lowest BCUT2D eigenvalue weighted by molar-refractivity contribution is -0.384. The molecule has 0 aliphatic rings. The van der Waals surface area contributed by atoms with Crippen LogP contribution in [0.2, 0.25) is 0 Å². The molecule has 7 nitrogen and oxygen atoms in total. The Morgan fingerprint density at radius 2 is 1.82 bits per heavy atom. The number of nitro groups is 1. The lowest BCUT2D eigenvalue weighted by Crippen LogP contribution is -2.19. The van der Waals surface area contributed by atoms with Gasteiger partial charge < -0.3 is 15.4 Å². The number of nitrogens with zero attached hydrogens (tertiary/aromatic N) is 1. The molecule has 0 saturated heterocycles. The first-order valence-corrected chi connectivity index (χ1v) is 6.49. The van der Waals surface area contributed by atoms with Gasteiger partial charge in [-0.2, -0.15) is 0 Å². The highest BCUT2D eigenvalue weighted by molar-refractivity contribution is 5.99. The normalized spacial score (nSPS) is 10.0. The Morgan fingerprint density at radius 1 is 1.14 bits per heavy atom. The first kappa shape index (κ1) is 15.5. The molecule has 0 aromatic heterocycles. The minimum atomic E-state index is -0.495. The Labute approximate surface area is 127 Å². The van der Waals surface area contributed by atoms with Gasteiger partial charge in [0.2, 0.25) is 0 Å². The fourth-order valence-electron chi connectivity index (χ4n) is 1.87. The van der Waals surface area contributed by atoms with Crippen LogP contribution in [0.4, 0.5) is 21.9 Å². The third-order valence-corrected chi connectivity index (χ3v) is 2.83. The fraction of sp³-hybridized carbons (Fsp3) is 0.133. The van der Waals surface area contributed by atoms with Crippen LogP contribution in [0.25, 0.3) is 0 Å². The van der Waals surface area contributed by atoms with E-state index in [9.17, 15) is 14.9 Å². The Balaban J connectivity index is 1.97. The van der Waals surface area contributed by atoms with Gasteiger partial charge in [0, 0.05) is 30.6 Å². The maximum absolute atomic E-state index is 11.9. The number of amides is 2. The number of hydrogen-bond donors (Lipinski definition) is 2. The summed E-state index contributed by atoms with van der Waals surface area (Å²) in [6.07, 6.45) is 0. The van der Waals surface area contributed by atoms with Gasteiger partial charge in [-0.25, -0.2) is 4.79 Å². The van der Waals surface area contributed by atoms with Crippen LogP contribution >= 0.6 is 0 Å². The lowest BCUT2D eigenvalue weighted by Gasteiger charge is -2.08.